The van der Waals surface area contributed by atoms with Gasteiger partial charge in [0.1, 0.15) is 0 Å². The van der Waals surface area contributed by atoms with Crippen molar-refractivity contribution in [3.8, 4) is 0 Å². The summed E-state index contributed by atoms with van der Waals surface area (Å²) in [5.74, 6) is 0.266. The molecular formula is C15H17NO2. The molecule has 0 bridgehead atoms. The summed E-state index contributed by atoms with van der Waals surface area (Å²) in [6.45, 7) is 4.50. The van der Waals surface area contributed by atoms with Crippen molar-refractivity contribution in [2.75, 3.05) is 0 Å². The minimum absolute atomic E-state index is 0.0255. The first-order valence-electron chi connectivity index (χ1n) is 6.47. The van der Waals surface area contributed by atoms with Gasteiger partial charge in [-0.3, -0.25) is 14.5 Å². The number of imide groups is 1. The summed E-state index contributed by atoms with van der Waals surface area (Å²) >= 11 is 0. The molecule has 94 valence electrons. The Morgan fingerprint density at radius 2 is 1.94 bits per heavy atom. The maximum absolute atomic E-state index is 12.4. The second-order valence-electron chi connectivity index (χ2n) is 5.67. The van der Waals surface area contributed by atoms with Crippen LogP contribution < -0.4 is 0 Å². The van der Waals surface area contributed by atoms with Gasteiger partial charge in [-0.15, -0.1) is 0 Å². The molecule has 1 saturated heterocycles. The predicted molar refractivity (Wildman–Crippen MR) is 67.4 cm³/mol. The third-order valence-corrected chi connectivity index (χ3v) is 4.42. The smallest absolute Gasteiger partial charge is 0.236 e. The molecular weight excluding hydrogens is 226 g/mol. The van der Waals surface area contributed by atoms with Crippen LogP contribution in [0.2, 0.25) is 0 Å². The summed E-state index contributed by atoms with van der Waals surface area (Å²) in [6, 6.07) is 9.70. The van der Waals surface area contributed by atoms with E-state index >= 15 is 0 Å². The summed E-state index contributed by atoms with van der Waals surface area (Å²) in [7, 11) is 0. The molecule has 0 N–H and O–H groups in total. The summed E-state index contributed by atoms with van der Waals surface area (Å²) in [5.41, 5.74) is 0.644. The average Bonchev–Trinajstić information content (AvgIpc) is 3.08. The quantitative estimate of drug-likeness (QED) is 0.763. The van der Waals surface area contributed by atoms with Gasteiger partial charge >= 0.3 is 0 Å². The van der Waals surface area contributed by atoms with Gasteiger partial charge in [-0.25, -0.2) is 0 Å². The van der Waals surface area contributed by atoms with E-state index in [1.54, 1.807) is 0 Å². The van der Waals surface area contributed by atoms with Crippen molar-refractivity contribution in [3.05, 3.63) is 35.9 Å². The zero-order valence-corrected chi connectivity index (χ0v) is 10.7. The number of hydrogen-bond donors (Lipinski definition) is 0. The Morgan fingerprint density at radius 3 is 2.50 bits per heavy atom. The van der Waals surface area contributed by atoms with Gasteiger partial charge in [0, 0.05) is 0 Å². The van der Waals surface area contributed by atoms with Gasteiger partial charge in [0.25, 0.3) is 0 Å². The third-order valence-electron chi connectivity index (χ3n) is 4.42. The van der Waals surface area contributed by atoms with Crippen molar-refractivity contribution < 1.29 is 9.59 Å². The Bertz CT molecular complexity index is 508. The largest absolute Gasteiger partial charge is 0.277 e. The van der Waals surface area contributed by atoms with E-state index in [4.69, 9.17) is 0 Å². The van der Waals surface area contributed by atoms with Crippen molar-refractivity contribution in [1.82, 2.24) is 4.90 Å². The zero-order valence-electron chi connectivity index (χ0n) is 10.7. The standard InChI is InChI=1S/C15H17NO2/c1-10(2)15-8-12(15)13(17)16(14(15)18)9-11-6-4-3-5-7-11/h3-7,10,12H,8-9H2,1-2H3. The second kappa shape index (κ2) is 3.67. The second-order valence-corrected chi connectivity index (χ2v) is 5.67. The molecule has 1 aromatic carbocycles. The highest BCUT2D eigenvalue weighted by molar-refractivity contribution is 6.11. The number of hydrogen-bond acceptors (Lipinski definition) is 2. The zero-order chi connectivity index (χ0) is 12.9. The lowest BCUT2D eigenvalue weighted by Gasteiger charge is -2.21. The third kappa shape index (κ3) is 1.36. The van der Waals surface area contributed by atoms with Crippen LogP contribution in [-0.4, -0.2) is 16.7 Å². The predicted octanol–water partition coefficient (Wildman–Crippen LogP) is 2.22. The van der Waals surface area contributed by atoms with Crippen LogP contribution in [0, 0.1) is 17.3 Å². The van der Waals surface area contributed by atoms with Gasteiger partial charge in [-0.1, -0.05) is 44.2 Å². The highest BCUT2D eigenvalue weighted by Gasteiger charge is 2.72. The Hall–Kier alpha value is -1.64. The van der Waals surface area contributed by atoms with Gasteiger partial charge in [0.05, 0.1) is 17.9 Å². The lowest BCUT2D eigenvalue weighted by molar-refractivity contribution is -0.144. The first-order chi connectivity index (χ1) is 8.57. The highest BCUT2D eigenvalue weighted by atomic mass is 16.2. The molecule has 3 heteroatoms. The fourth-order valence-corrected chi connectivity index (χ4v) is 3.16. The molecule has 3 rings (SSSR count). The first kappa shape index (κ1) is 11.5. The molecule has 1 aliphatic carbocycles. The number of piperidine rings is 1. The van der Waals surface area contributed by atoms with Gasteiger partial charge in [0.2, 0.25) is 11.8 Å². The fraction of sp³-hybridized carbons (Fsp3) is 0.467. The molecule has 3 nitrogen and oxygen atoms in total. The minimum atomic E-state index is -0.369. The van der Waals surface area contributed by atoms with Gasteiger partial charge < -0.3 is 0 Å². The molecule has 2 unspecified atom stereocenters. The summed E-state index contributed by atoms with van der Waals surface area (Å²) in [6.07, 6.45) is 0.758. The lowest BCUT2D eigenvalue weighted by atomic mass is 9.90. The Kier molecular flexibility index (Phi) is 2.34. The van der Waals surface area contributed by atoms with E-state index in [0.717, 1.165) is 12.0 Å². The number of carbonyl (C=O) groups excluding carboxylic acids is 2. The first-order valence-corrected chi connectivity index (χ1v) is 6.47. The van der Waals surface area contributed by atoms with Crippen molar-refractivity contribution in [2.24, 2.45) is 17.3 Å². The molecule has 2 atom stereocenters. The number of rotatable bonds is 3. The Balaban J connectivity index is 1.84. The number of likely N-dealkylation sites (tertiary alicyclic amines) is 1. The molecule has 1 heterocycles. The summed E-state index contributed by atoms with van der Waals surface area (Å²) in [4.78, 5) is 26.1. The molecule has 2 amide bonds. The van der Waals surface area contributed by atoms with Crippen LogP contribution in [0.1, 0.15) is 25.8 Å². The molecule has 18 heavy (non-hydrogen) atoms. The monoisotopic (exact) mass is 243 g/mol. The molecule has 1 saturated carbocycles. The Morgan fingerprint density at radius 1 is 1.28 bits per heavy atom. The number of carbonyl (C=O) groups is 2. The van der Waals surface area contributed by atoms with Crippen molar-refractivity contribution in [1.29, 1.82) is 0 Å². The van der Waals surface area contributed by atoms with Gasteiger partial charge in [-0.05, 0) is 17.9 Å². The normalized spacial score (nSPS) is 29.9. The minimum Gasteiger partial charge on any atom is -0.277 e. The lowest BCUT2D eigenvalue weighted by Crippen LogP contribution is -2.35. The fourth-order valence-electron chi connectivity index (χ4n) is 3.16. The molecule has 0 aromatic heterocycles. The van der Waals surface area contributed by atoms with Crippen LogP contribution in [0.5, 0.6) is 0 Å². The van der Waals surface area contributed by atoms with Crippen molar-refractivity contribution >= 4 is 11.8 Å². The molecule has 1 aliphatic heterocycles. The van der Waals surface area contributed by atoms with E-state index in [1.807, 2.05) is 44.2 Å². The van der Waals surface area contributed by atoms with E-state index in [-0.39, 0.29) is 29.1 Å². The Labute approximate surface area is 107 Å². The molecule has 0 radical (unpaired) electrons. The molecule has 2 fully saturated rings. The van der Waals surface area contributed by atoms with Crippen LogP contribution in [0.15, 0.2) is 30.3 Å². The van der Waals surface area contributed by atoms with E-state index in [1.165, 1.54) is 4.90 Å². The average molecular weight is 243 g/mol. The van der Waals surface area contributed by atoms with E-state index in [0.29, 0.717) is 6.54 Å². The van der Waals surface area contributed by atoms with E-state index in [2.05, 4.69) is 0 Å². The number of amides is 2. The topological polar surface area (TPSA) is 37.4 Å². The maximum Gasteiger partial charge on any atom is 0.236 e. The van der Waals surface area contributed by atoms with Crippen LogP contribution >= 0.6 is 0 Å². The van der Waals surface area contributed by atoms with Gasteiger partial charge in [-0.2, -0.15) is 0 Å². The van der Waals surface area contributed by atoms with Crippen molar-refractivity contribution in [3.63, 3.8) is 0 Å². The molecule has 0 spiro atoms. The number of benzene rings is 1. The SMILES string of the molecule is CC(C)C12CC1C(=O)N(Cc1ccccc1)C2=O. The van der Waals surface area contributed by atoms with E-state index in [9.17, 15) is 9.59 Å². The highest BCUT2D eigenvalue weighted by Crippen LogP contribution is 2.63. The number of fused-ring (bicyclic) bond motifs is 1. The summed E-state index contributed by atoms with van der Waals surface area (Å²) < 4.78 is 0. The molecule has 2 aliphatic rings. The summed E-state index contributed by atoms with van der Waals surface area (Å²) in [5, 5.41) is 0. The van der Waals surface area contributed by atoms with E-state index < -0.39 is 0 Å². The van der Waals surface area contributed by atoms with Crippen LogP contribution in [0.25, 0.3) is 0 Å². The molecule has 1 aromatic rings. The maximum atomic E-state index is 12.4. The van der Waals surface area contributed by atoms with Crippen molar-refractivity contribution in [2.45, 2.75) is 26.8 Å². The number of nitrogens with zero attached hydrogens (tertiary/aromatic N) is 1. The van der Waals surface area contributed by atoms with Crippen LogP contribution in [0.4, 0.5) is 0 Å². The van der Waals surface area contributed by atoms with Crippen LogP contribution in [-0.2, 0) is 16.1 Å². The van der Waals surface area contributed by atoms with Gasteiger partial charge in [0.15, 0.2) is 0 Å². The van der Waals surface area contributed by atoms with Crippen LogP contribution in [0.3, 0.4) is 0 Å².